The number of rotatable bonds is 6. The SMILES string of the molecule is CCCN(CC(=O)OCC)C(=O)c1ccoc1Cl. The molecule has 18 heavy (non-hydrogen) atoms. The monoisotopic (exact) mass is 273 g/mol. The minimum Gasteiger partial charge on any atom is -0.465 e. The van der Waals surface area contributed by atoms with Crippen LogP contribution in [0, 0.1) is 0 Å². The summed E-state index contributed by atoms with van der Waals surface area (Å²) in [6.07, 6.45) is 2.07. The van der Waals surface area contributed by atoms with E-state index < -0.39 is 5.97 Å². The van der Waals surface area contributed by atoms with E-state index in [9.17, 15) is 9.59 Å². The Balaban J connectivity index is 2.75. The fourth-order valence-electron chi connectivity index (χ4n) is 1.50. The van der Waals surface area contributed by atoms with Gasteiger partial charge in [0.25, 0.3) is 5.91 Å². The highest BCUT2D eigenvalue weighted by Crippen LogP contribution is 2.18. The molecule has 1 heterocycles. The second-order valence-corrected chi connectivity index (χ2v) is 3.98. The van der Waals surface area contributed by atoms with Gasteiger partial charge in [-0.2, -0.15) is 0 Å². The van der Waals surface area contributed by atoms with Crippen molar-refractivity contribution in [1.82, 2.24) is 4.90 Å². The van der Waals surface area contributed by atoms with E-state index in [-0.39, 0.29) is 23.2 Å². The van der Waals surface area contributed by atoms with Crippen LogP contribution in [0.3, 0.4) is 0 Å². The highest BCUT2D eigenvalue weighted by molar-refractivity contribution is 6.32. The summed E-state index contributed by atoms with van der Waals surface area (Å²) in [5, 5.41) is 0.0324. The van der Waals surface area contributed by atoms with E-state index >= 15 is 0 Å². The second kappa shape index (κ2) is 7.06. The molecule has 0 unspecified atom stereocenters. The molecule has 100 valence electrons. The minimum atomic E-state index is -0.432. The quantitative estimate of drug-likeness (QED) is 0.747. The molecule has 0 spiro atoms. The Labute approximate surface area is 111 Å². The Bertz CT molecular complexity index is 416. The van der Waals surface area contributed by atoms with Crippen LogP contribution in [-0.2, 0) is 9.53 Å². The fraction of sp³-hybridized carbons (Fsp3) is 0.500. The van der Waals surface area contributed by atoms with Crippen LogP contribution in [0.1, 0.15) is 30.6 Å². The van der Waals surface area contributed by atoms with Crippen molar-refractivity contribution in [3.05, 3.63) is 23.1 Å². The maximum Gasteiger partial charge on any atom is 0.325 e. The number of nitrogens with zero attached hydrogens (tertiary/aromatic N) is 1. The van der Waals surface area contributed by atoms with Gasteiger partial charge in [-0.1, -0.05) is 6.92 Å². The van der Waals surface area contributed by atoms with Crippen molar-refractivity contribution in [1.29, 1.82) is 0 Å². The number of amides is 1. The van der Waals surface area contributed by atoms with Gasteiger partial charge in [0.05, 0.1) is 18.4 Å². The Morgan fingerprint density at radius 1 is 1.44 bits per heavy atom. The van der Waals surface area contributed by atoms with Crippen molar-refractivity contribution in [3.8, 4) is 0 Å². The predicted molar refractivity (Wildman–Crippen MR) is 66.5 cm³/mol. The lowest BCUT2D eigenvalue weighted by molar-refractivity contribution is -0.143. The van der Waals surface area contributed by atoms with E-state index in [2.05, 4.69) is 0 Å². The molecule has 0 fully saturated rings. The van der Waals surface area contributed by atoms with Gasteiger partial charge in [0, 0.05) is 6.54 Å². The maximum absolute atomic E-state index is 12.1. The molecule has 0 saturated heterocycles. The number of carbonyl (C=O) groups is 2. The standard InChI is InChI=1S/C12H16ClNO4/c1-3-6-14(8-10(15)17-4-2)12(16)9-5-7-18-11(9)13/h5,7H,3-4,6,8H2,1-2H3. The molecule has 0 atom stereocenters. The number of carbonyl (C=O) groups excluding carboxylic acids is 2. The van der Waals surface area contributed by atoms with Gasteiger partial charge < -0.3 is 14.1 Å². The summed E-state index contributed by atoms with van der Waals surface area (Å²) in [6.45, 7) is 4.31. The smallest absolute Gasteiger partial charge is 0.325 e. The van der Waals surface area contributed by atoms with Crippen molar-refractivity contribution in [3.63, 3.8) is 0 Å². The molecule has 5 nitrogen and oxygen atoms in total. The molecule has 0 saturated carbocycles. The van der Waals surface area contributed by atoms with Crippen molar-refractivity contribution >= 4 is 23.5 Å². The molecule has 0 radical (unpaired) electrons. The number of furan rings is 1. The van der Waals surface area contributed by atoms with Gasteiger partial charge in [-0.05, 0) is 31.0 Å². The highest BCUT2D eigenvalue weighted by Gasteiger charge is 2.22. The third-order valence-corrected chi connectivity index (χ3v) is 2.55. The van der Waals surface area contributed by atoms with Gasteiger partial charge in [-0.15, -0.1) is 0 Å². The van der Waals surface area contributed by atoms with Gasteiger partial charge in [-0.3, -0.25) is 9.59 Å². The molecule has 0 aliphatic heterocycles. The average Bonchev–Trinajstić information content (AvgIpc) is 2.74. The normalized spacial score (nSPS) is 10.2. The van der Waals surface area contributed by atoms with Crippen LogP contribution in [0.2, 0.25) is 5.22 Å². The van der Waals surface area contributed by atoms with E-state index in [0.29, 0.717) is 13.2 Å². The Hall–Kier alpha value is -1.49. The summed E-state index contributed by atoms with van der Waals surface area (Å²) in [4.78, 5) is 24.9. The zero-order valence-electron chi connectivity index (χ0n) is 10.4. The van der Waals surface area contributed by atoms with Crippen LogP contribution in [0.15, 0.2) is 16.7 Å². The molecule has 1 amide bonds. The lowest BCUT2D eigenvalue weighted by Gasteiger charge is -2.20. The zero-order chi connectivity index (χ0) is 13.5. The van der Waals surface area contributed by atoms with Crippen LogP contribution < -0.4 is 0 Å². The lowest BCUT2D eigenvalue weighted by Crippen LogP contribution is -2.37. The third-order valence-electron chi connectivity index (χ3n) is 2.25. The number of halogens is 1. The van der Waals surface area contributed by atoms with Crippen molar-refractivity contribution in [2.24, 2.45) is 0 Å². The van der Waals surface area contributed by atoms with Crippen LogP contribution in [-0.4, -0.2) is 36.5 Å². The average molecular weight is 274 g/mol. The molecule has 0 bridgehead atoms. The first kappa shape index (κ1) is 14.6. The number of hydrogen-bond acceptors (Lipinski definition) is 4. The van der Waals surface area contributed by atoms with Crippen molar-refractivity contribution in [2.45, 2.75) is 20.3 Å². The summed E-state index contributed by atoms with van der Waals surface area (Å²) in [5.41, 5.74) is 0.259. The number of esters is 1. The summed E-state index contributed by atoms with van der Waals surface area (Å²) in [5.74, 6) is -0.762. The Kier molecular flexibility index (Phi) is 5.71. The first-order valence-corrected chi connectivity index (χ1v) is 6.15. The first-order valence-electron chi connectivity index (χ1n) is 5.78. The van der Waals surface area contributed by atoms with Gasteiger partial charge in [0.1, 0.15) is 6.54 Å². The Morgan fingerprint density at radius 2 is 2.17 bits per heavy atom. The van der Waals surface area contributed by atoms with E-state index in [1.165, 1.54) is 17.2 Å². The largest absolute Gasteiger partial charge is 0.465 e. The van der Waals surface area contributed by atoms with Gasteiger partial charge >= 0.3 is 5.97 Å². The molecule has 1 rings (SSSR count). The van der Waals surface area contributed by atoms with Crippen LogP contribution in [0.4, 0.5) is 0 Å². The van der Waals surface area contributed by atoms with Crippen LogP contribution >= 0.6 is 11.6 Å². The highest BCUT2D eigenvalue weighted by atomic mass is 35.5. The summed E-state index contributed by atoms with van der Waals surface area (Å²) in [7, 11) is 0. The molecule has 0 aromatic carbocycles. The topological polar surface area (TPSA) is 59.8 Å². The van der Waals surface area contributed by atoms with Crippen LogP contribution in [0.25, 0.3) is 0 Å². The third kappa shape index (κ3) is 3.77. The van der Waals surface area contributed by atoms with E-state index in [1.807, 2.05) is 6.92 Å². The molecule has 1 aromatic heterocycles. The second-order valence-electron chi connectivity index (χ2n) is 3.64. The first-order chi connectivity index (χ1) is 8.60. The zero-order valence-corrected chi connectivity index (χ0v) is 11.2. The Morgan fingerprint density at radius 3 is 2.67 bits per heavy atom. The summed E-state index contributed by atoms with van der Waals surface area (Å²) in [6, 6.07) is 1.48. The molecule has 0 aliphatic carbocycles. The van der Waals surface area contributed by atoms with E-state index in [0.717, 1.165) is 6.42 Å². The maximum atomic E-state index is 12.1. The molecular weight excluding hydrogens is 258 g/mol. The lowest BCUT2D eigenvalue weighted by atomic mass is 10.2. The minimum absolute atomic E-state index is 0.0324. The van der Waals surface area contributed by atoms with Crippen molar-refractivity contribution in [2.75, 3.05) is 19.7 Å². The molecule has 1 aromatic rings. The predicted octanol–water partition coefficient (Wildman–Crippen LogP) is 2.35. The van der Waals surface area contributed by atoms with E-state index in [4.69, 9.17) is 20.8 Å². The number of hydrogen-bond donors (Lipinski definition) is 0. The summed E-state index contributed by atoms with van der Waals surface area (Å²) < 4.78 is 9.70. The molecule has 0 N–H and O–H groups in total. The molecule has 6 heteroatoms. The van der Waals surface area contributed by atoms with Crippen molar-refractivity contribution < 1.29 is 18.7 Å². The molecular formula is C12H16ClNO4. The van der Waals surface area contributed by atoms with Gasteiger partial charge in [0.15, 0.2) is 0 Å². The van der Waals surface area contributed by atoms with Gasteiger partial charge in [-0.25, -0.2) is 0 Å². The molecule has 0 aliphatic rings. The van der Waals surface area contributed by atoms with Gasteiger partial charge in [0.2, 0.25) is 5.22 Å². The summed E-state index contributed by atoms with van der Waals surface area (Å²) >= 11 is 5.75. The van der Waals surface area contributed by atoms with E-state index in [1.54, 1.807) is 6.92 Å². The fourth-order valence-corrected chi connectivity index (χ4v) is 1.70. The number of ether oxygens (including phenoxy) is 1. The van der Waals surface area contributed by atoms with Crippen LogP contribution in [0.5, 0.6) is 0 Å².